The number of amides is 2. The van der Waals surface area contributed by atoms with Gasteiger partial charge in [0.15, 0.2) is 0 Å². The lowest BCUT2D eigenvalue weighted by atomic mass is 9.99. The third-order valence-corrected chi connectivity index (χ3v) is 5.65. The van der Waals surface area contributed by atoms with Crippen LogP contribution >= 0.6 is 0 Å². The van der Waals surface area contributed by atoms with Crippen LogP contribution in [0.25, 0.3) is 0 Å². The standard InChI is InChI=1S/C22H38N4O/c1-5-25(6-2)17-21-11-9-20(10-12-21)15-24-22(27)23-14-19(4)26-13-7-8-18(3)16-26/h9-12,18-19H,5-8,13-17H2,1-4H3,(H2,23,24,27). The lowest BCUT2D eigenvalue weighted by Gasteiger charge is -2.35. The first-order chi connectivity index (χ1) is 13.0. The van der Waals surface area contributed by atoms with Crippen LogP contribution in [0.4, 0.5) is 4.79 Å². The molecule has 1 aromatic rings. The van der Waals surface area contributed by atoms with Crippen LogP contribution in [0, 0.1) is 5.92 Å². The Bertz CT molecular complexity index is 556. The summed E-state index contributed by atoms with van der Waals surface area (Å²) in [7, 11) is 0. The molecule has 1 fully saturated rings. The number of carbonyl (C=O) groups is 1. The van der Waals surface area contributed by atoms with Crippen LogP contribution in [0.5, 0.6) is 0 Å². The fourth-order valence-corrected chi connectivity index (χ4v) is 3.71. The Hall–Kier alpha value is -1.59. The maximum atomic E-state index is 12.1. The average molecular weight is 375 g/mol. The van der Waals surface area contributed by atoms with Gasteiger partial charge in [-0.1, -0.05) is 45.0 Å². The Morgan fingerprint density at radius 2 is 1.85 bits per heavy atom. The Morgan fingerprint density at radius 1 is 1.19 bits per heavy atom. The fourth-order valence-electron chi connectivity index (χ4n) is 3.71. The molecular weight excluding hydrogens is 336 g/mol. The number of carbonyl (C=O) groups excluding carboxylic acids is 1. The van der Waals surface area contributed by atoms with Crippen LogP contribution in [0.3, 0.4) is 0 Å². The minimum Gasteiger partial charge on any atom is -0.337 e. The molecule has 1 saturated heterocycles. The van der Waals surface area contributed by atoms with E-state index in [4.69, 9.17) is 0 Å². The van der Waals surface area contributed by atoms with Crippen LogP contribution in [-0.4, -0.2) is 54.6 Å². The summed E-state index contributed by atoms with van der Waals surface area (Å²) < 4.78 is 0. The average Bonchev–Trinajstić information content (AvgIpc) is 2.69. The molecule has 0 saturated carbocycles. The topological polar surface area (TPSA) is 47.6 Å². The highest BCUT2D eigenvalue weighted by molar-refractivity contribution is 5.73. The maximum Gasteiger partial charge on any atom is 0.315 e. The van der Waals surface area contributed by atoms with Gasteiger partial charge in [0.1, 0.15) is 0 Å². The summed E-state index contributed by atoms with van der Waals surface area (Å²) in [6, 6.07) is 8.84. The second kappa shape index (κ2) is 11.3. The Balaban J connectivity index is 1.69. The van der Waals surface area contributed by atoms with Crippen molar-refractivity contribution in [3.63, 3.8) is 0 Å². The summed E-state index contributed by atoms with van der Waals surface area (Å²) in [5.41, 5.74) is 2.45. The van der Waals surface area contributed by atoms with E-state index in [-0.39, 0.29) is 6.03 Å². The number of likely N-dealkylation sites (tertiary alicyclic amines) is 1. The lowest BCUT2D eigenvalue weighted by Crippen LogP contribution is -2.48. The van der Waals surface area contributed by atoms with Crippen molar-refractivity contribution in [2.24, 2.45) is 5.92 Å². The van der Waals surface area contributed by atoms with Crippen molar-refractivity contribution in [1.29, 1.82) is 0 Å². The van der Waals surface area contributed by atoms with Crippen molar-refractivity contribution in [2.45, 2.75) is 59.7 Å². The SMILES string of the molecule is CCN(CC)Cc1ccc(CNC(=O)NCC(C)N2CCCC(C)C2)cc1. The monoisotopic (exact) mass is 374 g/mol. The second-order valence-electron chi connectivity index (χ2n) is 7.93. The molecule has 0 aromatic heterocycles. The third-order valence-electron chi connectivity index (χ3n) is 5.65. The van der Waals surface area contributed by atoms with Gasteiger partial charge in [-0.2, -0.15) is 0 Å². The minimum absolute atomic E-state index is 0.0841. The third kappa shape index (κ3) is 7.51. The molecule has 1 aliphatic heterocycles. The zero-order valence-electron chi connectivity index (χ0n) is 17.6. The number of urea groups is 1. The van der Waals surface area contributed by atoms with Gasteiger partial charge in [0.05, 0.1) is 0 Å². The van der Waals surface area contributed by atoms with Gasteiger partial charge in [-0.05, 0) is 56.4 Å². The molecule has 1 heterocycles. The molecule has 2 unspecified atom stereocenters. The van der Waals surface area contributed by atoms with Crippen LogP contribution < -0.4 is 10.6 Å². The van der Waals surface area contributed by atoms with Crippen LogP contribution in [0.1, 0.15) is 51.7 Å². The predicted molar refractivity (Wildman–Crippen MR) is 113 cm³/mol. The summed E-state index contributed by atoms with van der Waals surface area (Å²) >= 11 is 0. The molecule has 2 N–H and O–H groups in total. The van der Waals surface area contributed by atoms with Gasteiger partial charge >= 0.3 is 6.03 Å². The van der Waals surface area contributed by atoms with Crippen molar-refractivity contribution in [2.75, 3.05) is 32.7 Å². The highest BCUT2D eigenvalue weighted by atomic mass is 16.2. The summed E-state index contributed by atoms with van der Waals surface area (Å²) in [6.45, 7) is 15.5. The Morgan fingerprint density at radius 3 is 2.48 bits per heavy atom. The molecule has 0 spiro atoms. The van der Waals surface area contributed by atoms with Gasteiger partial charge in [0.25, 0.3) is 0 Å². The highest BCUT2D eigenvalue weighted by Gasteiger charge is 2.21. The van der Waals surface area contributed by atoms with Gasteiger partial charge in [-0.25, -0.2) is 4.79 Å². The maximum absolute atomic E-state index is 12.1. The molecule has 0 aliphatic carbocycles. The van der Waals surface area contributed by atoms with E-state index < -0.39 is 0 Å². The number of rotatable bonds is 9. The molecular formula is C22H38N4O. The lowest BCUT2D eigenvalue weighted by molar-refractivity contribution is 0.137. The molecule has 1 aliphatic rings. The van der Waals surface area contributed by atoms with Gasteiger partial charge in [0.2, 0.25) is 0 Å². The fraction of sp³-hybridized carbons (Fsp3) is 0.682. The van der Waals surface area contributed by atoms with E-state index in [9.17, 15) is 4.79 Å². The molecule has 1 aromatic carbocycles. The molecule has 152 valence electrons. The molecule has 5 nitrogen and oxygen atoms in total. The van der Waals surface area contributed by atoms with E-state index >= 15 is 0 Å². The van der Waals surface area contributed by atoms with Gasteiger partial charge in [-0.3, -0.25) is 9.80 Å². The summed E-state index contributed by atoms with van der Waals surface area (Å²) in [5.74, 6) is 0.764. The zero-order valence-corrected chi connectivity index (χ0v) is 17.6. The quantitative estimate of drug-likeness (QED) is 0.696. The van der Waals surface area contributed by atoms with E-state index in [1.54, 1.807) is 0 Å². The number of piperidine rings is 1. The van der Waals surface area contributed by atoms with Gasteiger partial charge in [0, 0.05) is 32.2 Å². The zero-order chi connectivity index (χ0) is 19.6. The van der Waals surface area contributed by atoms with E-state index in [1.165, 1.54) is 18.4 Å². The van der Waals surface area contributed by atoms with Crippen LogP contribution in [-0.2, 0) is 13.1 Å². The number of hydrogen-bond donors (Lipinski definition) is 2. The van der Waals surface area contributed by atoms with Crippen molar-refractivity contribution in [3.8, 4) is 0 Å². The van der Waals surface area contributed by atoms with E-state index in [1.807, 2.05) is 0 Å². The van der Waals surface area contributed by atoms with E-state index in [2.05, 4.69) is 72.4 Å². The molecule has 27 heavy (non-hydrogen) atoms. The Labute approximate surface area is 165 Å². The smallest absolute Gasteiger partial charge is 0.315 e. The largest absolute Gasteiger partial charge is 0.337 e. The number of hydrogen-bond acceptors (Lipinski definition) is 3. The van der Waals surface area contributed by atoms with Crippen molar-refractivity contribution >= 4 is 6.03 Å². The van der Waals surface area contributed by atoms with Crippen molar-refractivity contribution in [3.05, 3.63) is 35.4 Å². The van der Waals surface area contributed by atoms with Crippen molar-refractivity contribution < 1.29 is 4.79 Å². The van der Waals surface area contributed by atoms with Crippen LogP contribution in [0.15, 0.2) is 24.3 Å². The molecule has 2 rings (SSSR count). The molecule has 2 amide bonds. The first kappa shape index (κ1) is 21.7. The molecule has 2 atom stereocenters. The number of nitrogens with zero attached hydrogens (tertiary/aromatic N) is 2. The van der Waals surface area contributed by atoms with E-state index in [0.29, 0.717) is 19.1 Å². The number of benzene rings is 1. The van der Waals surface area contributed by atoms with Gasteiger partial charge in [-0.15, -0.1) is 0 Å². The number of nitrogens with one attached hydrogen (secondary N) is 2. The van der Waals surface area contributed by atoms with Crippen molar-refractivity contribution in [1.82, 2.24) is 20.4 Å². The first-order valence-electron chi connectivity index (χ1n) is 10.6. The normalized spacial score (nSPS) is 19.1. The Kier molecular flexibility index (Phi) is 9.08. The van der Waals surface area contributed by atoms with Crippen LogP contribution in [0.2, 0.25) is 0 Å². The highest BCUT2D eigenvalue weighted by Crippen LogP contribution is 2.17. The molecule has 5 heteroatoms. The molecule has 0 bridgehead atoms. The summed E-state index contributed by atoms with van der Waals surface area (Å²) in [6.07, 6.45) is 2.59. The van der Waals surface area contributed by atoms with Gasteiger partial charge < -0.3 is 10.6 Å². The summed E-state index contributed by atoms with van der Waals surface area (Å²) in [5, 5.41) is 5.99. The predicted octanol–water partition coefficient (Wildman–Crippen LogP) is 3.45. The first-order valence-corrected chi connectivity index (χ1v) is 10.6. The molecule has 0 radical (unpaired) electrons. The minimum atomic E-state index is -0.0841. The second-order valence-corrected chi connectivity index (χ2v) is 7.93. The summed E-state index contributed by atoms with van der Waals surface area (Å²) in [4.78, 5) is 17.0. The van der Waals surface area contributed by atoms with E-state index in [0.717, 1.165) is 44.2 Å².